The molecule has 0 saturated carbocycles. The van der Waals surface area contributed by atoms with Crippen LogP contribution in [0.1, 0.15) is 42.5 Å². The van der Waals surface area contributed by atoms with Crippen molar-refractivity contribution in [1.29, 1.82) is 0 Å². The van der Waals surface area contributed by atoms with E-state index in [1.807, 2.05) is 65.0 Å². The monoisotopic (exact) mass is 500 g/mol. The number of amides is 1. The first kappa shape index (κ1) is 24.7. The Morgan fingerprint density at radius 2 is 1.78 bits per heavy atom. The molecule has 5 rings (SSSR count). The van der Waals surface area contributed by atoms with E-state index < -0.39 is 0 Å². The highest BCUT2D eigenvalue weighted by atomic mass is 16.5. The van der Waals surface area contributed by atoms with Crippen LogP contribution < -0.4 is 15.8 Å². The first-order valence-corrected chi connectivity index (χ1v) is 12.5. The lowest BCUT2D eigenvalue weighted by Crippen LogP contribution is -2.36. The van der Waals surface area contributed by atoms with E-state index >= 15 is 0 Å². The molecule has 9 nitrogen and oxygen atoms in total. The van der Waals surface area contributed by atoms with Gasteiger partial charge in [-0.05, 0) is 76.6 Å². The second-order valence-electron chi connectivity index (χ2n) is 10.4. The van der Waals surface area contributed by atoms with E-state index in [0.717, 1.165) is 30.0 Å². The van der Waals surface area contributed by atoms with Crippen LogP contribution in [0.25, 0.3) is 16.6 Å². The molecular formula is C28H32N6O3. The molecule has 192 valence electrons. The number of morpholine rings is 1. The number of hydrogen-bond donors (Lipinski definition) is 1. The molecule has 0 radical (unpaired) electrons. The quantitative estimate of drug-likeness (QED) is 0.455. The Hall–Kier alpha value is -3.98. The molecule has 4 aromatic rings. The maximum Gasteiger partial charge on any atom is 0.273 e. The number of carbonyl (C=O) groups excluding carboxylic acids is 1. The third-order valence-corrected chi connectivity index (χ3v) is 6.54. The van der Waals surface area contributed by atoms with Gasteiger partial charge in [0, 0.05) is 24.5 Å². The smallest absolute Gasteiger partial charge is 0.273 e. The molecule has 1 amide bonds. The second-order valence-corrected chi connectivity index (χ2v) is 10.4. The molecule has 37 heavy (non-hydrogen) atoms. The van der Waals surface area contributed by atoms with Gasteiger partial charge in [-0.3, -0.25) is 18.8 Å². The van der Waals surface area contributed by atoms with Crippen LogP contribution in [0, 0.1) is 13.8 Å². The summed E-state index contributed by atoms with van der Waals surface area (Å²) in [5.74, 6) is -0.260. The number of anilines is 2. The molecular weight excluding hydrogens is 468 g/mol. The normalized spacial score (nSPS) is 14.2. The first-order valence-electron chi connectivity index (χ1n) is 12.5. The summed E-state index contributed by atoms with van der Waals surface area (Å²) < 4.78 is 8.73. The van der Waals surface area contributed by atoms with Gasteiger partial charge in [0.05, 0.1) is 41.0 Å². The van der Waals surface area contributed by atoms with E-state index in [0.29, 0.717) is 41.2 Å². The minimum atomic E-state index is -0.344. The van der Waals surface area contributed by atoms with Crippen molar-refractivity contribution in [3.63, 3.8) is 0 Å². The topological polar surface area (TPSA) is 94.3 Å². The summed E-state index contributed by atoms with van der Waals surface area (Å²) in [4.78, 5) is 33.6. The van der Waals surface area contributed by atoms with Crippen molar-refractivity contribution >= 4 is 28.2 Å². The van der Waals surface area contributed by atoms with Crippen LogP contribution in [0.4, 0.5) is 11.4 Å². The minimum Gasteiger partial charge on any atom is -0.378 e. The molecule has 1 aliphatic rings. The number of aryl methyl sites for hydroxylation is 2. The zero-order valence-electron chi connectivity index (χ0n) is 21.9. The lowest BCUT2D eigenvalue weighted by molar-refractivity contribution is 0.100. The van der Waals surface area contributed by atoms with Gasteiger partial charge in [-0.15, -0.1) is 0 Å². The molecule has 3 heterocycles. The molecule has 9 heteroatoms. The molecule has 0 unspecified atom stereocenters. The summed E-state index contributed by atoms with van der Waals surface area (Å²) in [6, 6.07) is 13.1. The maximum absolute atomic E-state index is 13.6. The third kappa shape index (κ3) is 4.86. The van der Waals surface area contributed by atoms with Gasteiger partial charge >= 0.3 is 0 Å². The number of nitrogens with zero attached hydrogens (tertiary/aromatic N) is 5. The van der Waals surface area contributed by atoms with Crippen molar-refractivity contribution in [3.8, 4) is 5.69 Å². The number of fused-ring (bicyclic) bond motifs is 1. The number of benzene rings is 2. The van der Waals surface area contributed by atoms with Crippen LogP contribution in [-0.2, 0) is 10.3 Å². The van der Waals surface area contributed by atoms with Gasteiger partial charge in [0.2, 0.25) is 0 Å². The van der Waals surface area contributed by atoms with Crippen LogP contribution >= 0.6 is 0 Å². The summed E-state index contributed by atoms with van der Waals surface area (Å²) in [5, 5.41) is 8.02. The van der Waals surface area contributed by atoms with Crippen LogP contribution in [0.2, 0.25) is 0 Å². The first-order chi connectivity index (χ1) is 17.6. The minimum absolute atomic E-state index is 0.159. The van der Waals surface area contributed by atoms with Crippen LogP contribution in [-0.4, -0.2) is 51.5 Å². The Balaban J connectivity index is 1.50. The molecule has 0 spiro atoms. The van der Waals surface area contributed by atoms with Gasteiger partial charge in [0.15, 0.2) is 0 Å². The Kier molecular flexibility index (Phi) is 6.33. The zero-order chi connectivity index (χ0) is 26.3. The molecule has 2 aromatic carbocycles. The average molecular weight is 501 g/mol. The predicted molar refractivity (Wildman–Crippen MR) is 145 cm³/mol. The van der Waals surface area contributed by atoms with E-state index in [2.05, 4.69) is 20.3 Å². The predicted octanol–water partition coefficient (Wildman–Crippen LogP) is 4.04. The van der Waals surface area contributed by atoms with E-state index in [1.54, 1.807) is 27.7 Å². The number of ether oxygens (including phenoxy) is 1. The van der Waals surface area contributed by atoms with Gasteiger partial charge in [0.25, 0.3) is 11.5 Å². The third-order valence-electron chi connectivity index (χ3n) is 6.54. The fourth-order valence-corrected chi connectivity index (χ4v) is 4.61. The van der Waals surface area contributed by atoms with Crippen LogP contribution in [0.3, 0.4) is 0 Å². The van der Waals surface area contributed by atoms with E-state index in [1.165, 1.54) is 0 Å². The summed E-state index contributed by atoms with van der Waals surface area (Å²) in [6.45, 7) is 12.7. The highest BCUT2D eigenvalue weighted by molar-refractivity contribution is 6.03. The number of nitrogens with one attached hydrogen (secondary N) is 1. The summed E-state index contributed by atoms with van der Waals surface area (Å²) in [5.41, 5.74) is 4.51. The van der Waals surface area contributed by atoms with E-state index in [9.17, 15) is 9.59 Å². The molecule has 0 atom stereocenters. The van der Waals surface area contributed by atoms with Gasteiger partial charge < -0.3 is 15.0 Å². The lowest BCUT2D eigenvalue weighted by atomic mass is 10.1. The van der Waals surface area contributed by atoms with Crippen molar-refractivity contribution in [3.05, 3.63) is 76.1 Å². The van der Waals surface area contributed by atoms with E-state index in [-0.39, 0.29) is 17.0 Å². The summed E-state index contributed by atoms with van der Waals surface area (Å²) in [7, 11) is 0. The molecule has 0 aliphatic carbocycles. The highest BCUT2D eigenvalue weighted by Gasteiger charge is 2.23. The molecule has 1 fully saturated rings. The number of rotatable bonds is 4. The Morgan fingerprint density at radius 3 is 2.51 bits per heavy atom. The molecule has 1 aliphatic heterocycles. The van der Waals surface area contributed by atoms with Gasteiger partial charge in [-0.25, -0.2) is 4.98 Å². The second kappa shape index (κ2) is 9.48. The standard InChI is InChI=1S/C28H32N6O3/c1-18-6-7-20(30-26(35)25-14-19(2)31-34(25)28(3,4)5)15-24(18)33-17-29-23-9-8-21(16-22(23)27(33)36)32-10-12-37-13-11-32/h6-9,14-17H,10-13H2,1-5H3,(H,30,35). The highest BCUT2D eigenvalue weighted by Crippen LogP contribution is 2.24. The fraction of sp³-hybridized carbons (Fsp3) is 0.357. The summed E-state index contributed by atoms with van der Waals surface area (Å²) in [6.07, 6.45) is 1.55. The Morgan fingerprint density at radius 1 is 1.03 bits per heavy atom. The maximum atomic E-state index is 13.6. The van der Waals surface area contributed by atoms with Crippen LogP contribution in [0.5, 0.6) is 0 Å². The van der Waals surface area contributed by atoms with Crippen LogP contribution in [0.15, 0.2) is 53.6 Å². The molecule has 0 bridgehead atoms. The van der Waals surface area contributed by atoms with Crippen molar-refractivity contribution in [1.82, 2.24) is 19.3 Å². The SMILES string of the molecule is Cc1cc(C(=O)Nc2ccc(C)c(-n3cnc4ccc(N5CCOCC5)cc4c3=O)c2)n(C(C)(C)C)n1. The Labute approximate surface area is 215 Å². The van der Waals surface area contributed by atoms with Gasteiger partial charge in [-0.2, -0.15) is 5.10 Å². The summed E-state index contributed by atoms with van der Waals surface area (Å²) >= 11 is 0. The molecule has 2 aromatic heterocycles. The zero-order valence-corrected chi connectivity index (χ0v) is 21.9. The Bertz CT molecular complexity index is 1540. The molecule has 1 N–H and O–H groups in total. The van der Waals surface area contributed by atoms with Crippen molar-refractivity contribution < 1.29 is 9.53 Å². The van der Waals surface area contributed by atoms with Crippen molar-refractivity contribution in [2.75, 3.05) is 36.5 Å². The largest absolute Gasteiger partial charge is 0.378 e. The van der Waals surface area contributed by atoms with Crippen molar-refractivity contribution in [2.24, 2.45) is 0 Å². The fourth-order valence-electron chi connectivity index (χ4n) is 4.61. The average Bonchev–Trinajstić information content (AvgIpc) is 3.29. The van der Waals surface area contributed by atoms with Gasteiger partial charge in [0.1, 0.15) is 12.0 Å². The lowest BCUT2D eigenvalue weighted by Gasteiger charge is -2.29. The number of carbonyl (C=O) groups is 1. The van der Waals surface area contributed by atoms with Gasteiger partial charge in [-0.1, -0.05) is 6.07 Å². The number of aromatic nitrogens is 4. The number of hydrogen-bond acceptors (Lipinski definition) is 6. The van der Waals surface area contributed by atoms with Crippen molar-refractivity contribution in [2.45, 2.75) is 40.2 Å². The molecule has 1 saturated heterocycles. The van der Waals surface area contributed by atoms with E-state index in [4.69, 9.17) is 4.74 Å².